The van der Waals surface area contributed by atoms with Crippen LogP contribution in [0.1, 0.15) is 36.1 Å². The minimum atomic E-state index is -1.11. The normalized spacial score (nSPS) is 10.7. The van der Waals surface area contributed by atoms with Crippen LogP contribution in [0.2, 0.25) is 0 Å². The molecule has 0 aliphatic carbocycles. The van der Waals surface area contributed by atoms with Gasteiger partial charge in [-0.05, 0) is 36.1 Å². The molecule has 0 radical (unpaired) electrons. The standard InChI is InChI=1S/2C15H14O2.O.V/c2*1-15(14(16)17,12-8-4-2-5-9-12)13-10-6-3-7-11-13;;/h2*2-11H,1H3,(H,16,17);;/q;;;+2/p-2. The van der Waals surface area contributed by atoms with Gasteiger partial charge in [-0.25, -0.2) is 0 Å². The molecule has 0 saturated heterocycles. The van der Waals surface area contributed by atoms with Gasteiger partial charge in [-0.2, -0.15) is 0 Å². The van der Waals surface area contributed by atoms with Gasteiger partial charge in [-0.1, -0.05) is 121 Å². The van der Waals surface area contributed by atoms with Crippen molar-refractivity contribution in [2.24, 2.45) is 0 Å². The summed E-state index contributed by atoms with van der Waals surface area (Å²) in [4.78, 5) is 23.0. The van der Waals surface area contributed by atoms with Gasteiger partial charge in [0.25, 0.3) is 0 Å². The third kappa shape index (κ3) is 6.25. The van der Waals surface area contributed by atoms with Gasteiger partial charge in [0, 0.05) is 0 Å². The van der Waals surface area contributed by atoms with Crippen LogP contribution in [0.5, 0.6) is 0 Å². The monoisotopic (exact) mass is 517 g/mol. The Morgan fingerprint density at radius 1 is 0.472 bits per heavy atom. The zero-order valence-electron chi connectivity index (χ0n) is 20.0. The molecule has 0 aliphatic heterocycles. The first-order valence-corrected chi connectivity index (χ1v) is 11.7. The van der Waals surface area contributed by atoms with E-state index in [1.807, 2.05) is 121 Å². The molecular weight excluding hydrogens is 491 g/mol. The molecule has 181 valence electrons. The van der Waals surface area contributed by atoms with Crippen molar-refractivity contribution in [3.8, 4) is 0 Å². The Labute approximate surface area is 220 Å². The Balaban J connectivity index is 0.000000237. The number of aliphatic carboxylic acids is 2. The fraction of sp³-hybridized carbons (Fsp3) is 0.133. The van der Waals surface area contributed by atoms with E-state index >= 15 is 0 Å². The van der Waals surface area contributed by atoms with Crippen molar-refractivity contribution >= 4 is 11.9 Å². The van der Waals surface area contributed by atoms with Crippen LogP contribution >= 0.6 is 0 Å². The molecule has 0 unspecified atom stereocenters. The number of hydrogen-bond acceptors (Lipinski definition) is 5. The third-order valence-corrected chi connectivity index (χ3v) is 6.22. The molecule has 0 heterocycles. The molecule has 6 heteroatoms. The van der Waals surface area contributed by atoms with E-state index in [4.69, 9.17) is 3.67 Å². The predicted molar refractivity (Wildman–Crippen MR) is 129 cm³/mol. The number of carbonyl (C=O) groups excluding carboxylic acids is 2. The summed E-state index contributed by atoms with van der Waals surface area (Å²) in [6.07, 6.45) is 0. The average Bonchev–Trinajstić information content (AvgIpc) is 2.95. The first-order chi connectivity index (χ1) is 17.3. The molecule has 0 atom stereocenters. The fourth-order valence-electron chi connectivity index (χ4n) is 3.89. The van der Waals surface area contributed by atoms with E-state index in [0.717, 1.165) is 39.6 Å². The van der Waals surface area contributed by atoms with Gasteiger partial charge in [0.05, 0.1) is 22.8 Å². The van der Waals surface area contributed by atoms with Crippen LogP contribution < -0.4 is 10.2 Å². The summed E-state index contributed by atoms with van der Waals surface area (Å²) >= 11 is 1.06. The molecule has 0 fully saturated rings. The molecule has 0 spiro atoms. The van der Waals surface area contributed by atoms with Crippen molar-refractivity contribution in [2.75, 3.05) is 0 Å². The molecule has 0 aliphatic rings. The molecule has 0 amide bonds. The third-order valence-electron chi connectivity index (χ3n) is 6.22. The van der Waals surface area contributed by atoms with Crippen molar-refractivity contribution in [3.05, 3.63) is 144 Å². The second-order valence-electron chi connectivity index (χ2n) is 8.29. The Kier molecular flexibility index (Phi) is 10.5. The number of carboxylic acids is 2. The SMILES string of the molecule is CC(C(=O)[O-])(c1ccccc1)c1ccccc1.CC(C(=O)[O-])(c1ccccc1)c1ccccc1.[O]=[V+2]. The fourth-order valence-corrected chi connectivity index (χ4v) is 3.89. The van der Waals surface area contributed by atoms with Gasteiger partial charge in [0.2, 0.25) is 0 Å². The first kappa shape index (κ1) is 28.4. The molecule has 0 aromatic heterocycles. The van der Waals surface area contributed by atoms with Crippen LogP contribution in [0.3, 0.4) is 0 Å². The van der Waals surface area contributed by atoms with E-state index in [-0.39, 0.29) is 0 Å². The van der Waals surface area contributed by atoms with Crippen LogP contribution in [-0.4, -0.2) is 11.9 Å². The molecular formula is C30H26O5V. The number of hydrogen-bond donors (Lipinski definition) is 0. The van der Waals surface area contributed by atoms with Crippen molar-refractivity contribution in [1.82, 2.24) is 0 Å². The van der Waals surface area contributed by atoms with Gasteiger partial charge in [0.1, 0.15) is 0 Å². The van der Waals surface area contributed by atoms with Crippen LogP contribution in [0.15, 0.2) is 121 Å². The molecule has 4 aromatic carbocycles. The molecule has 0 N–H and O–H groups in total. The molecule has 0 bridgehead atoms. The number of rotatable bonds is 6. The van der Waals surface area contributed by atoms with E-state index in [0.29, 0.717) is 0 Å². The number of carboxylic acid groups (broad SMARTS) is 2. The maximum absolute atomic E-state index is 11.5. The number of benzene rings is 4. The van der Waals surface area contributed by atoms with Gasteiger partial charge >= 0.3 is 21.0 Å². The van der Waals surface area contributed by atoms with Gasteiger partial charge in [-0.15, -0.1) is 0 Å². The summed E-state index contributed by atoms with van der Waals surface area (Å²) in [5.41, 5.74) is 0.695. The van der Waals surface area contributed by atoms with Gasteiger partial charge in [0.15, 0.2) is 0 Å². The van der Waals surface area contributed by atoms with Crippen LogP contribution in [0, 0.1) is 0 Å². The van der Waals surface area contributed by atoms with Gasteiger partial charge < -0.3 is 19.8 Å². The van der Waals surface area contributed by atoms with Crippen molar-refractivity contribution < 1.29 is 40.8 Å². The molecule has 5 nitrogen and oxygen atoms in total. The minimum absolute atomic E-state index is 0.728. The van der Waals surface area contributed by atoms with E-state index in [1.165, 1.54) is 0 Å². The molecule has 0 saturated carbocycles. The van der Waals surface area contributed by atoms with Crippen LogP contribution in [0.25, 0.3) is 0 Å². The predicted octanol–water partition coefficient (Wildman–Crippen LogP) is 3.36. The number of carbonyl (C=O) groups is 2. The van der Waals surface area contributed by atoms with Crippen molar-refractivity contribution in [2.45, 2.75) is 24.7 Å². The van der Waals surface area contributed by atoms with Crippen molar-refractivity contribution in [1.29, 1.82) is 0 Å². The van der Waals surface area contributed by atoms with E-state index in [1.54, 1.807) is 13.8 Å². The Morgan fingerprint density at radius 3 is 0.778 bits per heavy atom. The first-order valence-electron chi connectivity index (χ1n) is 11.1. The Hall–Kier alpha value is -3.80. The summed E-state index contributed by atoms with van der Waals surface area (Å²) < 4.78 is 8.19. The quantitative estimate of drug-likeness (QED) is 0.391. The summed E-state index contributed by atoms with van der Waals surface area (Å²) in [6.45, 7) is 3.35. The molecule has 4 rings (SSSR count). The van der Waals surface area contributed by atoms with E-state index in [2.05, 4.69) is 0 Å². The zero-order chi connectivity index (χ0) is 26.6. The summed E-state index contributed by atoms with van der Waals surface area (Å²) in [6, 6.07) is 36.6. The topological polar surface area (TPSA) is 97.3 Å². The molecule has 36 heavy (non-hydrogen) atoms. The van der Waals surface area contributed by atoms with E-state index < -0.39 is 22.8 Å². The van der Waals surface area contributed by atoms with E-state index in [9.17, 15) is 19.8 Å². The van der Waals surface area contributed by atoms with Crippen LogP contribution in [0.4, 0.5) is 0 Å². The Morgan fingerprint density at radius 2 is 0.639 bits per heavy atom. The second-order valence-corrected chi connectivity index (χ2v) is 8.29. The summed E-state index contributed by atoms with van der Waals surface area (Å²) in [5.74, 6) is -2.18. The van der Waals surface area contributed by atoms with Gasteiger partial charge in [-0.3, -0.25) is 0 Å². The Bertz CT molecular complexity index is 1050. The summed E-state index contributed by atoms with van der Waals surface area (Å²) in [5, 5.41) is 23.0. The average molecular weight is 517 g/mol. The van der Waals surface area contributed by atoms with Crippen molar-refractivity contribution in [3.63, 3.8) is 0 Å². The van der Waals surface area contributed by atoms with Crippen LogP contribution in [-0.2, 0) is 41.5 Å². The zero-order valence-corrected chi connectivity index (χ0v) is 21.4. The molecule has 4 aromatic rings. The summed E-state index contributed by atoms with van der Waals surface area (Å²) in [7, 11) is 0. The maximum atomic E-state index is 11.5. The second kappa shape index (κ2) is 13.3.